The Kier molecular flexibility index (Phi) is 4.79. The average molecular weight is 291 g/mol. The lowest BCUT2D eigenvalue weighted by molar-refractivity contribution is 0.758. The minimum absolute atomic E-state index is 0.380. The molecule has 20 heavy (non-hydrogen) atoms. The molecule has 1 aromatic heterocycles. The van der Waals surface area contributed by atoms with Gasteiger partial charge in [-0.2, -0.15) is 4.98 Å². The molecule has 0 aliphatic rings. The van der Waals surface area contributed by atoms with E-state index in [2.05, 4.69) is 34.4 Å². The standard InChI is InChI=1S/C15H19ClN4/c1-4-10(2)18-14-8-9-17-15(20-14)19-13-7-5-6-12(16)11(13)3/h5-10H,4H2,1-3H3,(H2,17,18,19,20). The maximum absolute atomic E-state index is 6.11. The van der Waals surface area contributed by atoms with E-state index in [9.17, 15) is 0 Å². The van der Waals surface area contributed by atoms with Gasteiger partial charge in [-0.3, -0.25) is 0 Å². The van der Waals surface area contributed by atoms with Crippen molar-refractivity contribution < 1.29 is 0 Å². The Hall–Kier alpha value is -1.81. The van der Waals surface area contributed by atoms with Gasteiger partial charge in [0, 0.05) is 22.9 Å². The number of nitrogens with zero attached hydrogens (tertiary/aromatic N) is 2. The summed E-state index contributed by atoms with van der Waals surface area (Å²) in [6, 6.07) is 7.97. The molecule has 106 valence electrons. The van der Waals surface area contributed by atoms with Crippen molar-refractivity contribution in [2.75, 3.05) is 10.6 Å². The summed E-state index contributed by atoms with van der Waals surface area (Å²) in [5.74, 6) is 1.38. The van der Waals surface area contributed by atoms with Crippen LogP contribution in [0.4, 0.5) is 17.5 Å². The molecule has 0 saturated heterocycles. The molecule has 0 fully saturated rings. The highest BCUT2D eigenvalue weighted by molar-refractivity contribution is 6.31. The second-order valence-electron chi connectivity index (χ2n) is 4.76. The molecule has 1 unspecified atom stereocenters. The highest BCUT2D eigenvalue weighted by Gasteiger charge is 2.06. The maximum atomic E-state index is 6.11. The van der Waals surface area contributed by atoms with E-state index in [0.29, 0.717) is 12.0 Å². The van der Waals surface area contributed by atoms with Crippen LogP contribution in [0.5, 0.6) is 0 Å². The lowest BCUT2D eigenvalue weighted by Crippen LogP contribution is -2.15. The lowest BCUT2D eigenvalue weighted by Gasteiger charge is -2.13. The van der Waals surface area contributed by atoms with Crippen LogP contribution in [-0.4, -0.2) is 16.0 Å². The molecule has 0 saturated carbocycles. The van der Waals surface area contributed by atoms with Gasteiger partial charge in [-0.1, -0.05) is 24.6 Å². The molecule has 0 bridgehead atoms. The van der Waals surface area contributed by atoms with E-state index >= 15 is 0 Å². The van der Waals surface area contributed by atoms with E-state index < -0.39 is 0 Å². The minimum atomic E-state index is 0.380. The Morgan fingerprint density at radius 1 is 1.30 bits per heavy atom. The molecule has 0 spiro atoms. The van der Waals surface area contributed by atoms with E-state index in [1.165, 1.54) is 0 Å². The topological polar surface area (TPSA) is 49.8 Å². The summed E-state index contributed by atoms with van der Waals surface area (Å²) in [6.45, 7) is 6.22. The highest BCUT2D eigenvalue weighted by atomic mass is 35.5. The average Bonchev–Trinajstić information content (AvgIpc) is 2.44. The van der Waals surface area contributed by atoms with Gasteiger partial charge in [-0.15, -0.1) is 0 Å². The summed E-state index contributed by atoms with van der Waals surface area (Å²) < 4.78 is 0. The number of halogens is 1. The predicted molar refractivity (Wildman–Crippen MR) is 84.9 cm³/mol. The highest BCUT2D eigenvalue weighted by Crippen LogP contribution is 2.25. The van der Waals surface area contributed by atoms with Crippen molar-refractivity contribution in [2.45, 2.75) is 33.2 Å². The quantitative estimate of drug-likeness (QED) is 0.857. The first-order valence-electron chi connectivity index (χ1n) is 6.72. The number of hydrogen-bond donors (Lipinski definition) is 2. The van der Waals surface area contributed by atoms with Crippen LogP contribution in [0.25, 0.3) is 0 Å². The van der Waals surface area contributed by atoms with Crippen LogP contribution in [-0.2, 0) is 0 Å². The third-order valence-corrected chi connectivity index (χ3v) is 3.59. The maximum Gasteiger partial charge on any atom is 0.229 e. The molecular formula is C15H19ClN4. The molecule has 0 radical (unpaired) electrons. The molecule has 1 heterocycles. The van der Waals surface area contributed by atoms with Gasteiger partial charge in [0.05, 0.1) is 0 Å². The van der Waals surface area contributed by atoms with Gasteiger partial charge in [0.25, 0.3) is 0 Å². The lowest BCUT2D eigenvalue weighted by atomic mass is 10.2. The Morgan fingerprint density at radius 2 is 2.10 bits per heavy atom. The van der Waals surface area contributed by atoms with Crippen molar-refractivity contribution in [1.82, 2.24) is 9.97 Å². The molecule has 1 aromatic carbocycles. The predicted octanol–water partition coefficient (Wildman–Crippen LogP) is 4.39. The number of hydrogen-bond acceptors (Lipinski definition) is 4. The minimum Gasteiger partial charge on any atom is -0.367 e. The van der Waals surface area contributed by atoms with E-state index in [1.807, 2.05) is 31.2 Å². The van der Waals surface area contributed by atoms with Gasteiger partial charge in [0.2, 0.25) is 5.95 Å². The molecule has 4 nitrogen and oxygen atoms in total. The summed E-state index contributed by atoms with van der Waals surface area (Å²) in [6.07, 6.45) is 2.78. The zero-order valence-corrected chi connectivity index (χ0v) is 12.7. The Bertz CT molecular complexity index is 586. The van der Waals surface area contributed by atoms with Crippen molar-refractivity contribution in [3.63, 3.8) is 0 Å². The van der Waals surface area contributed by atoms with E-state index in [4.69, 9.17) is 11.6 Å². The van der Waals surface area contributed by atoms with Gasteiger partial charge in [0.15, 0.2) is 0 Å². The van der Waals surface area contributed by atoms with Crippen molar-refractivity contribution >= 4 is 29.1 Å². The fourth-order valence-corrected chi connectivity index (χ4v) is 1.89. The molecule has 0 aliphatic heterocycles. The fourth-order valence-electron chi connectivity index (χ4n) is 1.72. The van der Waals surface area contributed by atoms with Crippen molar-refractivity contribution in [3.8, 4) is 0 Å². The van der Waals surface area contributed by atoms with Crippen LogP contribution in [0.1, 0.15) is 25.8 Å². The van der Waals surface area contributed by atoms with Gasteiger partial charge < -0.3 is 10.6 Å². The van der Waals surface area contributed by atoms with Gasteiger partial charge >= 0.3 is 0 Å². The summed E-state index contributed by atoms with van der Waals surface area (Å²) in [7, 11) is 0. The van der Waals surface area contributed by atoms with Crippen molar-refractivity contribution in [3.05, 3.63) is 41.0 Å². The van der Waals surface area contributed by atoms with Gasteiger partial charge in [-0.05, 0) is 44.0 Å². The van der Waals surface area contributed by atoms with E-state index in [-0.39, 0.29) is 0 Å². The first kappa shape index (κ1) is 14.6. The van der Waals surface area contributed by atoms with Crippen LogP contribution in [0.2, 0.25) is 5.02 Å². The third kappa shape index (κ3) is 3.61. The third-order valence-electron chi connectivity index (χ3n) is 3.18. The second kappa shape index (κ2) is 6.57. The molecule has 5 heteroatoms. The normalized spacial score (nSPS) is 12.0. The largest absolute Gasteiger partial charge is 0.367 e. The van der Waals surface area contributed by atoms with Crippen molar-refractivity contribution in [2.24, 2.45) is 0 Å². The Balaban J connectivity index is 2.17. The Labute approximate surface area is 124 Å². The molecule has 2 N–H and O–H groups in total. The van der Waals surface area contributed by atoms with Crippen molar-refractivity contribution in [1.29, 1.82) is 0 Å². The van der Waals surface area contributed by atoms with Crippen LogP contribution in [0.15, 0.2) is 30.5 Å². The molecule has 2 rings (SSSR count). The number of anilines is 3. The summed E-state index contributed by atoms with van der Waals surface area (Å²) in [5.41, 5.74) is 1.90. The van der Waals surface area contributed by atoms with Crippen LogP contribution in [0, 0.1) is 6.92 Å². The molecule has 0 amide bonds. The molecule has 0 aliphatic carbocycles. The van der Waals surface area contributed by atoms with E-state index in [0.717, 1.165) is 28.5 Å². The van der Waals surface area contributed by atoms with Crippen LogP contribution in [0.3, 0.4) is 0 Å². The van der Waals surface area contributed by atoms with Crippen LogP contribution < -0.4 is 10.6 Å². The first-order valence-corrected chi connectivity index (χ1v) is 7.09. The fraction of sp³-hybridized carbons (Fsp3) is 0.333. The SMILES string of the molecule is CCC(C)Nc1ccnc(Nc2cccc(Cl)c2C)n1. The molecular weight excluding hydrogens is 272 g/mol. The van der Waals surface area contributed by atoms with Gasteiger partial charge in [0.1, 0.15) is 5.82 Å². The first-order chi connectivity index (χ1) is 9.60. The number of rotatable bonds is 5. The molecule has 2 aromatic rings. The monoisotopic (exact) mass is 290 g/mol. The van der Waals surface area contributed by atoms with E-state index in [1.54, 1.807) is 6.20 Å². The number of aromatic nitrogens is 2. The molecule has 1 atom stereocenters. The summed E-state index contributed by atoms with van der Waals surface area (Å²) >= 11 is 6.11. The summed E-state index contributed by atoms with van der Waals surface area (Å²) in [5, 5.41) is 7.25. The second-order valence-corrected chi connectivity index (χ2v) is 5.16. The summed E-state index contributed by atoms with van der Waals surface area (Å²) in [4.78, 5) is 8.68. The Morgan fingerprint density at radius 3 is 2.85 bits per heavy atom. The van der Waals surface area contributed by atoms with Gasteiger partial charge in [-0.25, -0.2) is 4.98 Å². The smallest absolute Gasteiger partial charge is 0.229 e. The zero-order valence-electron chi connectivity index (χ0n) is 11.9. The van der Waals surface area contributed by atoms with Crippen LogP contribution >= 0.6 is 11.6 Å². The zero-order chi connectivity index (χ0) is 14.5. The number of benzene rings is 1. The number of nitrogens with one attached hydrogen (secondary N) is 2.